The summed E-state index contributed by atoms with van der Waals surface area (Å²) in [5, 5.41) is 11.0. The molecule has 0 atom stereocenters. The van der Waals surface area contributed by atoms with Crippen LogP contribution >= 0.6 is 0 Å². The molecule has 0 amide bonds. The van der Waals surface area contributed by atoms with Crippen LogP contribution in [0.5, 0.6) is 5.75 Å². The van der Waals surface area contributed by atoms with Gasteiger partial charge in [0.2, 0.25) is 0 Å². The highest BCUT2D eigenvalue weighted by Crippen LogP contribution is 2.25. The summed E-state index contributed by atoms with van der Waals surface area (Å²) in [4.78, 5) is 24.0. The summed E-state index contributed by atoms with van der Waals surface area (Å²) >= 11 is 0. The first kappa shape index (κ1) is 17.9. The van der Waals surface area contributed by atoms with E-state index in [2.05, 4.69) is 6.92 Å². The van der Waals surface area contributed by atoms with Crippen LogP contribution in [0, 0.1) is 0 Å². The number of fused-ring (bicyclic) bond motifs is 2. The highest BCUT2D eigenvalue weighted by atomic mass is 16.5. The first-order valence-corrected chi connectivity index (χ1v) is 8.94. The van der Waals surface area contributed by atoms with Crippen molar-refractivity contribution in [2.45, 2.75) is 26.4 Å². The average Bonchev–Trinajstić information content (AvgIpc) is 3.07. The number of aryl methyl sites for hydroxylation is 1. The molecule has 0 aliphatic carbocycles. The largest absolute Gasteiger partial charge is 0.508 e. The zero-order valence-corrected chi connectivity index (χ0v) is 15.2. The summed E-state index contributed by atoms with van der Waals surface area (Å²) in [5.74, 6) is -0.440. The minimum Gasteiger partial charge on any atom is -0.508 e. The maximum atomic E-state index is 12.3. The van der Waals surface area contributed by atoms with Gasteiger partial charge in [-0.25, -0.2) is 4.79 Å². The van der Waals surface area contributed by atoms with Crippen LogP contribution in [0.3, 0.4) is 0 Å². The number of phenolic OH excluding ortho intramolecular Hbond substituents is 1. The zero-order chi connectivity index (χ0) is 19.7. The molecule has 142 valence electrons. The SMILES string of the molecule is CCc1ccc2c(CC(=O)OCc3cc(=O)oc4cc(O)ccc34)coc2c1. The number of esters is 1. The van der Waals surface area contributed by atoms with E-state index < -0.39 is 11.6 Å². The molecule has 0 saturated carbocycles. The van der Waals surface area contributed by atoms with E-state index >= 15 is 0 Å². The lowest BCUT2D eigenvalue weighted by Gasteiger charge is -2.07. The van der Waals surface area contributed by atoms with Gasteiger partial charge in [0.05, 0.1) is 12.7 Å². The molecule has 2 aromatic carbocycles. The van der Waals surface area contributed by atoms with E-state index in [4.69, 9.17) is 13.6 Å². The molecule has 0 aliphatic heterocycles. The molecule has 0 unspecified atom stereocenters. The van der Waals surface area contributed by atoms with Crippen molar-refractivity contribution in [1.82, 2.24) is 0 Å². The third-order valence-electron chi connectivity index (χ3n) is 4.67. The maximum absolute atomic E-state index is 12.3. The summed E-state index contributed by atoms with van der Waals surface area (Å²) in [6.45, 7) is 2.00. The van der Waals surface area contributed by atoms with Gasteiger partial charge in [-0.2, -0.15) is 0 Å². The fourth-order valence-electron chi connectivity index (χ4n) is 3.19. The van der Waals surface area contributed by atoms with Crippen LogP contribution in [0.15, 0.2) is 62.4 Å². The van der Waals surface area contributed by atoms with E-state index in [1.54, 1.807) is 12.3 Å². The normalized spacial score (nSPS) is 11.2. The van der Waals surface area contributed by atoms with Gasteiger partial charge < -0.3 is 18.7 Å². The topological polar surface area (TPSA) is 89.9 Å². The van der Waals surface area contributed by atoms with E-state index in [9.17, 15) is 14.7 Å². The van der Waals surface area contributed by atoms with Gasteiger partial charge in [-0.15, -0.1) is 0 Å². The van der Waals surface area contributed by atoms with Crippen LogP contribution in [-0.4, -0.2) is 11.1 Å². The van der Waals surface area contributed by atoms with Gasteiger partial charge in [0.1, 0.15) is 23.5 Å². The first-order chi connectivity index (χ1) is 13.5. The zero-order valence-electron chi connectivity index (χ0n) is 15.2. The molecule has 4 rings (SSSR count). The van der Waals surface area contributed by atoms with Crippen molar-refractivity contribution in [2.75, 3.05) is 0 Å². The molecule has 6 heteroatoms. The Morgan fingerprint density at radius 2 is 1.82 bits per heavy atom. The Morgan fingerprint density at radius 3 is 2.64 bits per heavy atom. The highest BCUT2D eigenvalue weighted by Gasteiger charge is 2.14. The van der Waals surface area contributed by atoms with Crippen LogP contribution in [0.1, 0.15) is 23.6 Å². The van der Waals surface area contributed by atoms with E-state index in [1.807, 2.05) is 18.2 Å². The Balaban J connectivity index is 1.51. The van der Waals surface area contributed by atoms with E-state index in [-0.39, 0.29) is 24.4 Å². The number of hydrogen-bond acceptors (Lipinski definition) is 6. The molecule has 2 heterocycles. The molecule has 28 heavy (non-hydrogen) atoms. The summed E-state index contributed by atoms with van der Waals surface area (Å²) in [6.07, 6.45) is 2.55. The van der Waals surface area contributed by atoms with Gasteiger partial charge in [0, 0.05) is 34.0 Å². The number of furan rings is 1. The van der Waals surface area contributed by atoms with Crippen LogP contribution < -0.4 is 5.63 Å². The highest BCUT2D eigenvalue weighted by molar-refractivity contribution is 5.86. The molecule has 0 spiro atoms. The van der Waals surface area contributed by atoms with E-state index in [1.165, 1.54) is 18.2 Å². The molecule has 0 fully saturated rings. The van der Waals surface area contributed by atoms with Crippen molar-refractivity contribution in [1.29, 1.82) is 0 Å². The Morgan fingerprint density at radius 1 is 1.04 bits per heavy atom. The second-order valence-electron chi connectivity index (χ2n) is 6.55. The molecule has 1 N–H and O–H groups in total. The monoisotopic (exact) mass is 378 g/mol. The third kappa shape index (κ3) is 3.49. The molecule has 0 radical (unpaired) electrons. The number of hydrogen-bond donors (Lipinski definition) is 1. The van der Waals surface area contributed by atoms with Crippen molar-refractivity contribution in [3.63, 3.8) is 0 Å². The fourth-order valence-corrected chi connectivity index (χ4v) is 3.19. The lowest BCUT2D eigenvalue weighted by molar-refractivity contribution is -0.144. The van der Waals surface area contributed by atoms with Crippen LogP contribution in [0.4, 0.5) is 0 Å². The summed E-state index contributed by atoms with van der Waals surface area (Å²) in [5.41, 5.74) is 2.85. The lowest BCUT2D eigenvalue weighted by atomic mass is 10.1. The average molecular weight is 378 g/mol. The van der Waals surface area contributed by atoms with Crippen molar-refractivity contribution in [3.05, 3.63) is 75.8 Å². The maximum Gasteiger partial charge on any atom is 0.336 e. The number of ether oxygens (including phenoxy) is 1. The first-order valence-electron chi connectivity index (χ1n) is 8.94. The molecule has 6 nitrogen and oxygen atoms in total. The predicted molar refractivity (Wildman–Crippen MR) is 103 cm³/mol. The Bertz CT molecular complexity index is 1230. The number of phenols is 1. The van der Waals surface area contributed by atoms with Gasteiger partial charge >= 0.3 is 11.6 Å². The molecular weight excluding hydrogens is 360 g/mol. The molecular formula is C22H18O6. The smallest absolute Gasteiger partial charge is 0.336 e. The van der Waals surface area contributed by atoms with Gasteiger partial charge in [-0.05, 0) is 30.2 Å². The van der Waals surface area contributed by atoms with Crippen LogP contribution in [0.25, 0.3) is 21.9 Å². The Hall–Kier alpha value is -3.54. The molecule has 2 aromatic heterocycles. The fraction of sp³-hybridized carbons (Fsp3) is 0.182. The number of carbonyl (C=O) groups excluding carboxylic acids is 1. The lowest BCUT2D eigenvalue weighted by Crippen LogP contribution is -2.09. The minimum atomic E-state index is -0.572. The second kappa shape index (κ2) is 7.23. The second-order valence-corrected chi connectivity index (χ2v) is 6.55. The van der Waals surface area contributed by atoms with Gasteiger partial charge in [0.25, 0.3) is 0 Å². The Kier molecular flexibility index (Phi) is 4.61. The van der Waals surface area contributed by atoms with Crippen LogP contribution in [0.2, 0.25) is 0 Å². The van der Waals surface area contributed by atoms with Gasteiger partial charge in [-0.3, -0.25) is 4.79 Å². The molecule has 0 aliphatic rings. The number of benzene rings is 2. The quantitative estimate of drug-likeness (QED) is 0.415. The summed E-state index contributed by atoms with van der Waals surface area (Å²) in [7, 11) is 0. The number of carbonyl (C=O) groups is 1. The van der Waals surface area contributed by atoms with Gasteiger partial charge in [-0.1, -0.05) is 19.1 Å². The molecule has 0 bridgehead atoms. The molecule has 4 aromatic rings. The number of aromatic hydroxyl groups is 1. The third-order valence-corrected chi connectivity index (χ3v) is 4.67. The van der Waals surface area contributed by atoms with E-state index in [0.29, 0.717) is 10.9 Å². The minimum absolute atomic E-state index is 0.0112. The van der Waals surface area contributed by atoms with Crippen molar-refractivity contribution in [3.8, 4) is 5.75 Å². The van der Waals surface area contributed by atoms with Crippen molar-refractivity contribution in [2.24, 2.45) is 0 Å². The summed E-state index contributed by atoms with van der Waals surface area (Å²) < 4.78 is 16.0. The van der Waals surface area contributed by atoms with Gasteiger partial charge in [0.15, 0.2) is 0 Å². The van der Waals surface area contributed by atoms with Crippen molar-refractivity contribution >= 4 is 27.9 Å². The predicted octanol–water partition coefficient (Wildman–Crippen LogP) is 4.09. The summed E-state index contributed by atoms with van der Waals surface area (Å²) in [6, 6.07) is 11.7. The van der Waals surface area contributed by atoms with E-state index in [0.717, 1.165) is 28.5 Å². The van der Waals surface area contributed by atoms with Crippen molar-refractivity contribution < 1.29 is 23.5 Å². The Labute approximate surface area is 160 Å². The van der Waals surface area contributed by atoms with Crippen LogP contribution in [-0.2, 0) is 29.0 Å². The number of rotatable bonds is 5. The standard InChI is InChI=1S/C22H18O6/c1-2-13-3-5-17-14(11-26-19(17)7-13)8-21(24)27-12-15-9-22(25)28-20-10-16(23)4-6-18(15)20/h3-7,9-11,23H,2,8,12H2,1H3. The molecule has 0 saturated heterocycles.